The van der Waals surface area contributed by atoms with Gasteiger partial charge in [-0.2, -0.15) is 0 Å². The Morgan fingerprint density at radius 1 is 0.917 bits per heavy atom. The Morgan fingerprint density at radius 2 is 1.47 bits per heavy atom. The van der Waals surface area contributed by atoms with Crippen LogP contribution >= 0.6 is 7.82 Å². The number of nitrogens with one attached hydrogen (secondary N) is 1. The molecule has 0 saturated carbocycles. The van der Waals surface area contributed by atoms with Crippen LogP contribution in [0.4, 0.5) is 0 Å². The lowest BCUT2D eigenvalue weighted by atomic mass is 10.1. The molecule has 0 fully saturated rings. The summed E-state index contributed by atoms with van der Waals surface area (Å²) in [5, 5.41) is 13.5. The third-order valence-electron chi connectivity index (χ3n) is 6.01. The number of phosphoric acid groups is 1. The summed E-state index contributed by atoms with van der Waals surface area (Å²) < 4.78 is 23.1. The van der Waals surface area contributed by atoms with E-state index in [4.69, 9.17) is 9.05 Å². The number of phosphoric ester groups is 1. The van der Waals surface area contributed by atoms with Crippen LogP contribution in [0.5, 0.6) is 0 Å². The van der Waals surface area contributed by atoms with Crippen LogP contribution in [-0.2, 0) is 18.4 Å². The number of carbonyl (C=O) groups excluding carboxylic acids is 1. The summed E-state index contributed by atoms with van der Waals surface area (Å²) in [5.41, 5.74) is 0. The third-order valence-corrected chi connectivity index (χ3v) is 6.99. The maximum absolute atomic E-state index is 12.5. The number of allylic oxidation sites excluding steroid dienone is 1. The molecule has 3 atom stereocenters. The van der Waals surface area contributed by atoms with Crippen molar-refractivity contribution in [3.05, 3.63) is 12.2 Å². The molecule has 0 spiro atoms. The molecule has 0 rings (SSSR count). The van der Waals surface area contributed by atoms with Gasteiger partial charge in [-0.3, -0.25) is 13.8 Å². The van der Waals surface area contributed by atoms with Crippen LogP contribution in [0.2, 0.25) is 0 Å². The van der Waals surface area contributed by atoms with Gasteiger partial charge in [0.25, 0.3) is 0 Å². The van der Waals surface area contributed by atoms with Gasteiger partial charge in [0.1, 0.15) is 13.2 Å². The van der Waals surface area contributed by atoms with Crippen molar-refractivity contribution in [1.82, 2.24) is 5.32 Å². The summed E-state index contributed by atoms with van der Waals surface area (Å²) in [6.07, 6.45) is 17.3. The molecule has 0 saturated heterocycles. The van der Waals surface area contributed by atoms with Gasteiger partial charge in [0.2, 0.25) is 5.91 Å². The summed E-state index contributed by atoms with van der Waals surface area (Å²) in [4.78, 5) is 22.6. The van der Waals surface area contributed by atoms with Crippen molar-refractivity contribution in [3.63, 3.8) is 0 Å². The largest absolute Gasteiger partial charge is 0.472 e. The molecule has 0 aromatic heterocycles. The second kappa shape index (κ2) is 21.2. The summed E-state index contributed by atoms with van der Waals surface area (Å²) in [6, 6.07) is -0.833. The first-order valence-corrected chi connectivity index (χ1v) is 15.6. The Kier molecular flexibility index (Phi) is 20.8. The Morgan fingerprint density at radius 3 is 2.06 bits per heavy atom. The monoisotopic (exact) mass is 535 g/mol. The van der Waals surface area contributed by atoms with Crippen LogP contribution in [0.1, 0.15) is 104 Å². The highest BCUT2D eigenvalue weighted by molar-refractivity contribution is 7.47. The van der Waals surface area contributed by atoms with Crippen LogP contribution in [0.25, 0.3) is 0 Å². The molecule has 0 heterocycles. The molecule has 3 unspecified atom stereocenters. The molecule has 1 amide bonds. The summed E-state index contributed by atoms with van der Waals surface area (Å²) in [7, 11) is 1.56. The van der Waals surface area contributed by atoms with E-state index in [9.17, 15) is 19.4 Å². The zero-order chi connectivity index (χ0) is 27.3. The van der Waals surface area contributed by atoms with Crippen molar-refractivity contribution in [2.24, 2.45) is 0 Å². The Hall–Kier alpha value is -0.760. The van der Waals surface area contributed by atoms with Crippen molar-refractivity contribution < 1.29 is 32.9 Å². The smallest absolute Gasteiger partial charge is 0.387 e. The lowest BCUT2D eigenvalue weighted by molar-refractivity contribution is -0.870. The molecule has 214 valence electrons. The number of aliphatic hydroxyl groups excluding tert-OH is 1. The van der Waals surface area contributed by atoms with E-state index in [1.165, 1.54) is 44.9 Å². The predicted molar refractivity (Wildman–Crippen MR) is 148 cm³/mol. The molecule has 0 aliphatic rings. The quantitative estimate of drug-likeness (QED) is 0.0631. The fourth-order valence-electron chi connectivity index (χ4n) is 3.62. The van der Waals surface area contributed by atoms with Crippen molar-refractivity contribution in [1.29, 1.82) is 0 Å². The standard InChI is InChI=1S/C27H55N2O6P/c1-6-8-10-12-14-16-18-20-26(30)25(24-35-36(32,33)34-23-22-29(3,4)5)28-27(31)21-19-17-15-13-11-9-7-2/h18,20,25-26,30H,6-17,19,21-24H2,1-5H3,(H-,28,31,32,33)/p+1/b20-18+. The number of rotatable bonds is 24. The van der Waals surface area contributed by atoms with Gasteiger partial charge < -0.3 is 19.8 Å². The average Bonchev–Trinajstić information content (AvgIpc) is 2.79. The minimum Gasteiger partial charge on any atom is -0.387 e. The van der Waals surface area contributed by atoms with Gasteiger partial charge in [-0.15, -0.1) is 0 Å². The number of unbranched alkanes of at least 4 members (excludes halogenated alkanes) is 11. The lowest BCUT2D eigenvalue weighted by Gasteiger charge is -2.25. The average molecular weight is 536 g/mol. The van der Waals surface area contributed by atoms with Crippen molar-refractivity contribution in [2.45, 2.75) is 116 Å². The fraction of sp³-hybridized carbons (Fsp3) is 0.889. The predicted octanol–water partition coefficient (Wildman–Crippen LogP) is 5.73. The van der Waals surface area contributed by atoms with Gasteiger partial charge in [-0.25, -0.2) is 4.57 Å². The van der Waals surface area contributed by atoms with Crippen LogP contribution < -0.4 is 5.32 Å². The number of aliphatic hydroxyl groups is 1. The Labute approximate surface area is 221 Å². The van der Waals surface area contributed by atoms with E-state index in [1.807, 2.05) is 27.2 Å². The molecule has 0 aromatic carbocycles. The molecule has 36 heavy (non-hydrogen) atoms. The number of quaternary nitrogens is 1. The van der Waals surface area contributed by atoms with Gasteiger partial charge in [0.15, 0.2) is 0 Å². The van der Waals surface area contributed by atoms with E-state index < -0.39 is 20.0 Å². The van der Waals surface area contributed by atoms with Gasteiger partial charge in [0.05, 0.1) is 39.9 Å². The minimum absolute atomic E-state index is 0.0625. The summed E-state index contributed by atoms with van der Waals surface area (Å²) in [5.74, 6) is -0.192. The van der Waals surface area contributed by atoms with E-state index >= 15 is 0 Å². The first-order chi connectivity index (χ1) is 17.0. The maximum atomic E-state index is 12.5. The highest BCUT2D eigenvalue weighted by Gasteiger charge is 2.27. The topological polar surface area (TPSA) is 105 Å². The van der Waals surface area contributed by atoms with E-state index in [1.54, 1.807) is 6.08 Å². The molecule has 0 aliphatic heterocycles. The molecular weight excluding hydrogens is 479 g/mol. The van der Waals surface area contributed by atoms with Crippen LogP contribution in [0, 0.1) is 0 Å². The molecule has 0 aromatic rings. The van der Waals surface area contributed by atoms with Crippen molar-refractivity contribution >= 4 is 13.7 Å². The zero-order valence-corrected chi connectivity index (χ0v) is 24.6. The van der Waals surface area contributed by atoms with Crippen molar-refractivity contribution in [3.8, 4) is 0 Å². The molecule has 9 heteroatoms. The highest BCUT2D eigenvalue weighted by atomic mass is 31.2. The number of hydrogen-bond donors (Lipinski definition) is 3. The molecule has 0 bridgehead atoms. The highest BCUT2D eigenvalue weighted by Crippen LogP contribution is 2.43. The summed E-state index contributed by atoms with van der Waals surface area (Å²) in [6.45, 7) is 4.65. The third kappa shape index (κ3) is 22.4. The van der Waals surface area contributed by atoms with Crippen LogP contribution in [-0.4, -0.2) is 73.4 Å². The SMILES string of the molecule is CCCCCCC/C=C/C(O)C(COP(=O)(O)OCC[N+](C)(C)C)NC(=O)CCCCCCCCC. The first kappa shape index (κ1) is 35.2. The van der Waals surface area contributed by atoms with E-state index in [0.717, 1.165) is 38.5 Å². The second-order valence-electron chi connectivity index (χ2n) is 10.8. The number of carbonyl (C=O) groups is 1. The molecule has 8 nitrogen and oxygen atoms in total. The number of likely N-dealkylation sites (N-methyl/N-ethyl adjacent to an activating group) is 1. The lowest BCUT2D eigenvalue weighted by Crippen LogP contribution is -2.45. The van der Waals surface area contributed by atoms with Gasteiger partial charge in [-0.05, 0) is 19.3 Å². The van der Waals surface area contributed by atoms with Gasteiger partial charge >= 0.3 is 7.82 Å². The van der Waals surface area contributed by atoms with Crippen LogP contribution in [0.3, 0.4) is 0 Å². The fourth-order valence-corrected chi connectivity index (χ4v) is 4.36. The number of hydrogen-bond acceptors (Lipinski definition) is 5. The molecular formula is C27H56N2O6P+. The number of amides is 1. The van der Waals surface area contributed by atoms with Gasteiger partial charge in [0, 0.05) is 6.42 Å². The maximum Gasteiger partial charge on any atom is 0.472 e. The second-order valence-corrected chi connectivity index (χ2v) is 12.2. The normalized spacial score (nSPS) is 15.6. The molecule has 3 N–H and O–H groups in total. The number of nitrogens with zero attached hydrogens (tertiary/aromatic N) is 1. The Balaban J connectivity index is 4.74. The zero-order valence-electron chi connectivity index (χ0n) is 23.8. The molecule has 0 radical (unpaired) electrons. The van der Waals surface area contributed by atoms with E-state index in [2.05, 4.69) is 19.2 Å². The van der Waals surface area contributed by atoms with E-state index in [-0.39, 0.29) is 19.1 Å². The first-order valence-electron chi connectivity index (χ1n) is 14.1. The molecule has 0 aliphatic carbocycles. The minimum atomic E-state index is -4.30. The summed E-state index contributed by atoms with van der Waals surface area (Å²) >= 11 is 0. The van der Waals surface area contributed by atoms with Crippen LogP contribution in [0.15, 0.2) is 12.2 Å². The van der Waals surface area contributed by atoms with Crippen molar-refractivity contribution in [2.75, 3.05) is 40.9 Å². The van der Waals surface area contributed by atoms with Gasteiger partial charge in [-0.1, -0.05) is 90.2 Å². The Bertz CT molecular complexity index is 624. The van der Waals surface area contributed by atoms with E-state index in [0.29, 0.717) is 17.4 Å².